The molecule has 1 heterocycles. The first kappa shape index (κ1) is 14.1. The third-order valence-electron chi connectivity index (χ3n) is 1.48. The maximum atomic E-state index is 12.1. The lowest BCUT2D eigenvalue weighted by Crippen LogP contribution is -2.14. The van der Waals surface area contributed by atoms with Gasteiger partial charge in [-0.25, -0.2) is 9.97 Å². The van der Waals surface area contributed by atoms with Crippen molar-refractivity contribution >= 4 is 11.8 Å². The normalized spacial score (nSPS) is 12.9. The van der Waals surface area contributed by atoms with E-state index in [4.69, 9.17) is 0 Å². The average molecular weight is 276 g/mol. The van der Waals surface area contributed by atoms with Crippen LogP contribution in [0.25, 0.3) is 0 Å². The molecule has 0 aromatic carbocycles. The lowest BCUT2D eigenvalue weighted by Gasteiger charge is -2.09. The quantitative estimate of drug-likeness (QED) is 0.469. The van der Waals surface area contributed by atoms with Crippen LogP contribution in [0.15, 0.2) is 11.2 Å². The van der Waals surface area contributed by atoms with Crippen molar-refractivity contribution in [3.8, 4) is 0 Å². The fourth-order valence-electron chi connectivity index (χ4n) is 1.05. The van der Waals surface area contributed by atoms with Crippen LogP contribution in [0.5, 0.6) is 0 Å². The summed E-state index contributed by atoms with van der Waals surface area (Å²) in [5.41, 5.74) is -5.04. The first-order chi connectivity index (χ1) is 7.55. The van der Waals surface area contributed by atoms with E-state index < -0.39 is 40.7 Å². The molecular weight excluding hydrogens is 270 g/mol. The predicted molar refractivity (Wildman–Crippen MR) is 48.4 cm³/mol. The van der Waals surface area contributed by atoms with Crippen molar-refractivity contribution in [2.75, 3.05) is 0 Å². The molecule has 0 amide bonds. The highest BCUT2D eigenvalue weighted by atomic mass is 32.2. The van der Waals surface area contributed by atoms with Gasteiger partial charge in [0.1, 0.15) is 0 Å². The van der Waals surface area contributed by atoms with Gasteiger partial charge in [-0.15, -0.1) is 0 Å². The van der Waals surface area contributed by atoms with Crippen molar-refractivity contribution in [3.05, 3.63) is 17.5 Å². The van der Waals surface area contributed by atoms with Crippen molar-refractivity contribution in [2.45, 2.75) is 30.2 Å². The first-order valence-corrected chi connectivity index (χ1v) is 5.04. The summed E-state index contributed by atoms with van der Waals surface area (Å²) in [5, 5.41) is -0.725. The molecule has 2 nitrogen and oxygen atoms in total. The molecule has 0 N–H and O–H groups in total. The fraction of sp³-hybridized carbons (Fsp3) is 0.500. The smallest absolute Gasteiger partial charge is 0.228 e. The van der Waals surface area contributed by atoms with Gasteiger partial charge in [0.15, 0.2) is 5.16 Å². The van der Waals surface area contributed by atoms with Crippen LogP contribution in [0.2, 0.25) is 0 Å². The predicted octanol–water partition coefficient (Wildman–Crippen LogP) is 3.50. The van der Waals surface area contributed by atoms with E-state index in [1.165, 1.54) is 6.92 Å². The number of hydrogen-bond donors (Lipinski definition) is 0. The SMILES string of the molecule is Cc1cc(CC(F)(F)F)nc(SC(F)(F)F)n1. The Morgan fingerprint density at radius 1 is 1.12 bits per heavy atom. The molecule has 96 valence electrons. The molecule has 0 saturated heterocycles. The van der Waals surface area contributed by atoms with Gasteiger partial charge in [-0.05, 0) is 13.0 Å². The largest absolute Gasteiger partial charge is 0.449 e. The topological polar surface area (TPSA) is 25.8 Å². The summed E-state index contributed by atoms with van der Waals surface area (Å²) < 4.78 is 72.2. The maximum absolute atomic E-state index is 12.1. The van der Waals surface area contributed by atoms with Gasteiger partial charge in [-0.2, -0.15) is 26.3 Å². The third-order valence-corrected chi connectivity index (χ3v) is 2.07. The van der Waals surface area contributed by atoms with Crippen molar-refractivity contribution in [1.29, 1.82) is 0 Å². The third kappa shape index (κ3) is 5.76. The van der Waals surface area contributed by atoms with E-state index in [1.54, 1.807) is 0 Å². The molecule has 1 rings (SSSR count). The highest BCUT2D eigenvalue weighted by molar-refractivity contribution is 8.00. The van der Waals surface area contributed by atoms with Crippen LogP contribution in [-0.2, 0) is 6.42 Å². The Balaban J connectivity index is 2.95. The van der Waals surface area contributed by atoms with Gasteiger partial charge in [-0.3, -0.25) is 0 Å². The summed E-state index contributed by atoms with van der Waals surface area (Å²) in [6, 6.07) is 1.01. The summed E-state index contributed by atoms with van der Waals surface area (Å²) in [5.74, 6) is 0. The molecule has 0 atom stereocenters. The molecule has 0 aliphatic carbocycles. The molecule has 17 heavy (non-hydrogen) atoms. The Hall–Kier alpha value is -0.990. The Labute approximate surface area is 96.4 Å². The van der Waals surface area contributed by atoms with Crippen LogP contribution in [0, 0.1) is 6.92 Å². The highest BCUT2D eigenvalue weighted by Crippen LogP contribution is 2.35. The highest BCUT2D eigenvalue weighted by Gasteiger charge is 2.33. The minimum absolute atomic E-state index is 0.0611. The number of aryl methyl sites for hydroxylation is 1. The molecule has 0 aliphatic rings. The van der Waals surface area contributed by atoms with E-state index in [9.17, 15) is 26.3 Å². The minimum Gasteiger partial charge on any atom is -0.228 e. The number of alkyl halides is 6. The molecule has 9 heteroatoms. The number of thioether (sulfide) groups is 1. The van der Waals surface area contributed by atoms with E-state index in [0.717, 1.165) is 6.07 Å². The van der Waals surface area contributed by atoms with Crippen LogP contribution in [0.3, 0.4) is 0 Å². The van der Waals surface area contributed by atoms with E-state index in [1.807, 2.05) is 0 Å². The van der Waals surface area contributed by atoms with Crippen molar-refractivity contribution in [2.24, 2.45) is 0 Å². The molecule has 0 unspecified atom stereocenters. The van der Waals surface area contributed by atoms with Crippen LogP contribution >= 0.6 is 11.8 Å². The van der Waals surface area contributed by atoms with Crippen LogP contribution < -0.4 is 0 Å². The minimum atomic E-state index is -4.62. The molecule has 0 radical (unpaired) electrons. The summed E-state index contributed by atoms with van der Waals surface area (Å²) in [6.07, 6.45) is -5.89. The summed E-state index contributed by atoms with van der Waals surface area (Å²) >= 11 is -0.634. The molecular formula is C8H6F6N2S. The van der Waals surface area contributed by atoms with E-state index in [-0.39, 0.29) is 5.69 Å². The number of hydrogen-bond acceptors (Lipinski definition) is 3. The van der Waals surface area contributed by atoms with Gasteiger partial charge in [-0.1, -0.05) is 0 Å². The molecule has 1 aromatic rings. The second-order valence-electron chi connectivity index (χ2n) is 3.12. The zero-order valence-electron chi connectivity index (χ0n) is 8.35. The molecule has 0 saturated carbocycles. The number of nitrogens with zero attached hydrogens (tertiary/aromatic N) is 2. The maximum Gasteiger partial charge on any atom is 0.449 e. The molecule has 0 aliphatic heterocycles. The van der Waals surface area contributed by atoms with Gasteiger partial charge >= 0.3 is 11.7 Å². The number of halogens is 6. The Morgan fingerprint density at radius 2 is 1.71 bits per heavy atom. The Bertz CT molecular complexity index is 366. The van der Waals surface area contributed by atoms with Gasteiger partial charge in [0.25, 0.3) is 0 Å². The zero-order chi connectivity index (χ0) is 13.3. The average Bonchev–Trinajstić information content (AvgIpc) is 1.93. The van der Waals surface area contributed by atoms with E-state index in [0.29, 0.717) is 0 Å². The lowest BCUT2D eigenvalue weighted by molar-refractivity contribution is -0.127. The van der Waals surface area contributed by atoms with E-state index >= 15 is 0 Å². The monoisotopic (exact) mass is 276 g/mol. The Kier molecular flexibility index (Phi) is 3.90. The lowest BCUT2D eigenvalue weighted by atomic mass is 10.2. The number of rotatable bonds is 2. The van der Waals surface area contributed by atoms with Crippen LogP contribution in [0.1, 0.15) is 11.4 Å². The van der Waals surface area contributed by atoms with Crippen molar-refractivity contribution in [3.63, 3.8) is 0 Å². The molecule has 0 fully saturated rings. The second kappa shape index (κ2) is 4.71. The van der Waals surface area contributed by atoms with Gasteiger partial charge < -0.3 is 0 Å². The fourth-order valence-corrected chi connectivity index (χ4v) is 1.61. The van der Waals surface area contributed by atoms with Gasteiger partial charge in [0.05, 0.1) is 12.1 Å². The van der Waals surface area contributed by atoms with Crippen LogP contribution in [-0.4, -0.2) is 21.7 Å². The summed E-state index contributed by atoms with van der Waals surface area (Å²) in [4.78, 5) is 6.63. The molecule has 1 aromatic heterocycles. The van der Waals surface area contributed by atoms with Gasteiger partial charge in [0.2, 0.25) is 0 Å². The van der Waals surface area contributed by atoms with Crippen molar-refractivity contribution in [1.82, 2.24) is 9.97 Å². The van der Waals surface area contributed by atoms with Gasteiger partial charge in [0, 0.05) is 17.5 Å². The number of aromatic nitrogens is 2. The summed E-state index contributed by atoms with van der Waals surface area (Å²) in [6.45, 7) is 1.31. The first-order valence-electron chi connectivity index (χ1n) is 4.22. The summed E-state index contributed by atoms with van der Waals surface area (Å²) in [7, 11) is 0. The Morgan fingerprint density at radius 3 is 2.18 bits per heavy atom. The standard InChI is InChI=1S/C8H6F6N2S/c1-4-2-5(3-7(9,10)11)16-6(15-4)17-8(12,13)14/h2H,3H2,1H3. The van der Waals surface area contributed by atoms with Crippen LogP contribution in [0.4, 0.5) is 26.3 Å². The second-order valence-corrected chi connectivity index (χ2v) is 4.16. The van der Waals surface area contributed by atoms with Crippen molar-refractivity contribution < 1.29 is 26.3 Å². The zero-order valence-corrected chi connectivity index (χ0v) is 9.17. The van der Waals surface area contributed by atoms with E-state index in [2.05, 4.69) is 9.97 Å². The molecule has 0 bridgehead atoms. The molecule has 0 spiro atoms.